The van der Waals surface area contributed by atoms with Crippen molar-refractivity contribution in [2.45, 2.75) is 43.7 Å². The summed E-state index contributed by atoms with van der Waals surface area (Å²) in [4.78, 5) is 0. The Morgan fingerprint density at radius 3 is 2.22 bits per heavy atom. The lowest BCUT2D eigenvalue weighted by molar-refractivity contribution is 0.251. The summed E-state index contributed by atoms with van der Waals surface area (Å²) in [5.41, 5.74) is 16.3. The predicted octanol–water partition coefficient (Wildman–Crippen LogP) is 4.00. The van der Waals surface area contributed by atoms with Gasteiger partial charge in [-0.2, -0.15) is 0 Å². The maximum atomic E-state index is 6.57. The van der Waals surface area contributed by atoms with Crippen LogP contribution in [-0.4, -0.2) is 11.6 Å². The molecule has 2 unspecified atom stereocenters. The molecule has 0 bridgehead atoms. The van der Waals surface area contributed by atoms with E-state index in [1.807, 2.05) is 6.07 Å². The molecule has 0 saturated heterocycles. The normalized spacial score (nSPS) is 24.9. The Morgan fingerprint density at radius 2 is 1.57 bits per heavy atom. The zero-order valence-corrected chi connectivity index (χ0v) is 13.6. The van der Waals surface area contributed by atoms with E-state index in [9.17, 15) is 0 Å². The monoisotopic (exact) mass is 306 g/mol. The Bertz CT molecular complexity index is 645. The van der Waals surface area contributed by atoms with E-state index in [1.54, 1.807) is 0 Å². The van der Waals surface area contributed by atoms with Crippen molar-refractivity contribution in [1.82, 2.24) is 0 Å². The van der Waals surface area contributed by atoms with Crippen molar-refractivity contribution in [1.29, 1.82) is 0 Å². The number of rotatable bonds is 4. The van der Waals surface area contributed by atoms with Crippen LogP contribution in [0.2, 0.25) is 0 Å². The summed E-state index contributed by atoms with van der Waals surface area (Å²) in [6.07, 6.45) is 9.64. The third kappa shape index (κ3) is 4.10. The van der Waals surface area contributed by atoms with Crippen LogP contribution >= 0.6 is 0 Å². The molecular weight excluding hydrogens is 280 g/mol. The molecule has 3 rings (SSSR count). The van der Waals surface area contributed by atoms with E-state index < -0.39 is 0 Å². The number of hydrogen-bond donors (Lipinski definition) is 2. The molecule has 2 aromatic carbocycles. The molecule has 2 aromatic rings. The van der Waals surface area contributed by atoms with Crippen LogP contribution in [0, 0.1) is 0 Å². The average molecular weight is 306 g/mol. The van der Waals surface area contributed by atoms with Gasteiger partial charge in [0.15, 0.2) is 0 Å². The third-order valence-electron chi connectivity index (χ3n) is 4.93. The molecule has 0 aliphatic heterocycles. The lowest BCUT2D eigenvalue weighted by Gasteiger charge is -2.39. The zero-order valence-electron chi connectivity index (χ0n) is 13.6. The SMILES string of the molecule is NC1CCCCC1(N)Cc1ccc(C=Cc2ccccc2)cc1. The van der Waals surface area contributed by atoms with Gasteiger partial charge >= 0.3 is 0 Å². The highest BCUT2D eigenvalue weighted by atomic mass is 14.9. The molecule has 2 atom stereocenters. The lowest BCUT2D eigenvalue weighted by atomic mass is 9.75. The van der Waals surface area contributed by atoms with Gasteiger partial charge in [0.25, 0.3) is 0 Å². The quantitative estimate of drug-likeness (QED) is 0.839. The second-order valence-electron chi connectivity index (χ2n) is 6.75. The van der Waals surface area contributed by atoms with E-state index in [0.29, 0.717) is 0 Å². The molecule has 0 heterocycles. The summed E-state index contributed by atoms with van der Waals surface area (Å²) >= 11 is 0. The van der Waals surface area contributed by atoms with E-state index in [4.69, 9.17) is 11.5 Å². The maximum Gasteiger partial charge on any atom is 0.0348 e. The van der Waals surface area contributed by atoms with Gasteiger partial charge in [0, 0.05) is 11.6 Å². The fourth-order valence-electron chi connectivity index (χ4n) is 3.39. The van der Waals surface area contributed by atoms with Gasteiger partial charge in [-0.25, -0.2) is 0 Å². The summed E-state index contributed by atoms with van der Waals surface area (Å²) in [6.45, 7) is 0. The summed E-state index contributed by atoms with van der Waals surface area (Å²) in [6, 6.07) is 19.1. The summed E-state index contributed by atoms with van der Waals surface area (Å²) in [7, 11) is 0. The minimum atomic E-state index is -0.236. The largest absolute Gasteiger partial charge is 0.326 e. The molecule has 0 amide bonds. The van der Waals surface area contributed by atoms with Crippen molar-refractivity contribution < 1.29 is 0 Å². The molecule has 1 aliphatic carbocycles. The van der Waals surface area contributed by atoms with Crippen LogP contribution in [0.4, 0.5) is 0 Å². The molecule has 1 aliphatic rings. The zero-order chi connectivity index (χ0) is 16.1. The molecule has 2 heteroatoms. The first-order chi connectivity index (χ1) is 11.2. The van der Waals surface area contributed by atoms with E-state index in [0.717, 1.165) is 19.3 Å². The molecule has 0 spiro atoms. The molecule has 23 heavy (non-hydrogen) atoms. The van der Waals surface area contributed by atoms with Gasteiger partial charge in [-0.05, 0) is 36.0 Å². The Morgan fingerprint density at radius 1 is 0.913 bits per heavy atom. The molecular formula is C21H26N2. The highest BCUT2D eigenvalue weighted by Gasteiger charge is 2.34. The fourth-order valence-corrected chi connectivity index (χ4v) is 3.39. The smallest absolute Gasteiger partial charge is 0.0348 e. The Balaban J connectivity index is 1.66. The predicted molar refractivity (Wildman–Crippen MR) is 98.9 cm³/mol. The Labute approximate surface area is 139 Å². The van der Waals surface area contributed by atoms with Crippen LogP contribution in [0.25, 0.3) is 12.2 Å². The van der Waals surface area contributed by atoms with E-state index >= 15 is 0 Å². The van der Waals surface area contributed by atoms with E-state index in [-0.39, 0.29) is 11.6 Å². The molecule has 1 fully saturated rings. The first kappa shape index (κ1) is 16.0. The van der Waals surface area contributed by atoms with Crippen LogP contribution in [0.15, 0.2) is 54.6 Å². The number of hydrogen-bond acceptors (Lipinski definition) is 2. The first-order valence-corrected chi connectivity index (χ1v) is 8.52. The van der Waals surface area contributed by atoms with Crippen LogP contribution in [0.5, 0.6) is 0 Å². The molecule has 2 nitrogen and oxygen atoms in total. The summed E-state index contributed by atoms with van der Waals surface area (Å²) in [5.74, 6) is 0. The fraction of sp³-hybridized carbons (Fsp3) is 0.333. The van der Waals surface area contributed by atoms with Gasteiger partial charge < -0.3 is 11.5 Å². The van der Waals surface area contributed by atoms with Crippen molar-refractivity contribution in [3.05, 3.63) is 71.3 Å². The molecule has 1 saturated carbocycles. The van der Waals surface area contributed by atoms with Gasteiger partial charge in [0.05, 0.1) is 0 Å². The number of benzene rings is 2. The standard InChI is InChI=1S/C21H26N2/c22-20-8-4-5-15-21(20,23)16-19-13-11-18(12-14-19)10-9-17-6-2-1-3-7-17/h1-3,6-7,9-14,20H,4-5,8,15-16,22-23H2. The van der Waals surface area contributed by atoms with E-state index in [1.165, 1.54) is 29.5 Å². The second-order valence-corrected chi connectivity index (χ2v) is 6.75. The van der Waals surface area contributed by atoms with Crippen LogP contribution in [0.1, 0.15) is 42.4 Å². The summed E-state index contributed by atoms with van der Waals surface area (Å²) in [5, 5.41) is 0. The van der Waals surface area contributed by atoms with Gasteiger partial charge in [0.2, 0.25) is 0 Å². The maximum absolute atomic E-state index is 6.57. The van der Waals surface area contributed by atoms with Crippen molar-refractivity contribution in [3.8, 4) is 0 Å². The number of nitrogens with two attached hydrogens (primary N) is 2. The van der Waals surface area contributed by atoms with Gasteiger partial charge in [-0.15, -0.1) is 0 Å². The Kier molecular flexibility index (Phi) is 4.94. The summed E-state index contributed by atoms with van der Waals surface area (Å²) < 4.78 is 0. The second kappa shape index (κ2) is 7.12. The Hall–Kier alpha value is -1.90. The van der Waals surface area contributed by atoms with Crippen molar-refractivity contribution >= 4 is 12.2 Å². The lowest BCUT2D eigenvalue weighted by Crippen LogP contribution is -2.58. The van der Waals surface area contributed by atoms with Crippen LogP contribution in [0.3, 0.4) is 0 Å². The minimum Gasteiger partial charge on any atom is -0.326 e. The van der Waals surface area contributed by atoms with Gasteiger partial charge in [0.1, 0.15) is 0 Å². The van der Waals surface area contributed by atoms with Crippen molar-refractivity contribution in [2.24, 2.45) is 11.5 Å². The topological polar surface area (TPSA) is 52.0 Å². The first-order valence-electron chi connectivity index (χ1n) is 8.52. The van der Waals surface area contributed by atoms with E-state index in [2.05, 4.69) is 60.7 Å². The molecule has 4 N–H and O–H groups in total. The van der Waals surface area contributed by atoms with Gasteiger partial charge in [-0.1, -0.05) is 79.6 Å². The van der Waals surface area contributed by atoms with Gasteiger partial charge in [-0.3, -0.25) is 0 Å². The van der Waals surface area contributed by atoms with Crippen LogP contribution in [-0.2, 0) is 6.42 Å². The van der Waals surface area contributed by atoms with Crippen molar-refractivity contribution in [3.63, 3.8) is 0 Å². The van der Waals surface area contributed by atoms with Crippen LogP contribution < -0.4 is 11.5 Å². The molecule has 0 radical (unpaired) electrons. The minimum absolute atomic E-state index is 0.119. The third-order valence-corrected chi connectivity index (χ3v) is 4.93. The average Bonchev–Trinajstić information content (AvgIpc) is 2.58. The van der Waals surface area contributed by atoms with Crippen molar-refractivity contribution in [2.75, 3.05) is 0 Å². The highest BCUT2D eigenvalue weighted by molar-refractivity contribution is 5.69. The molecule has 120 valence electrons. The molecule has 0 aromatic heterocycles. The highest BCUT2D eigenvalue weighted by Crippen LogP contribution is 2.28.